The summed E-state index contributed by atoms with van der Waals surface area (Å²) in [7, 11) is 1.81. The molecule has 0 aliphatic rings. The summed E-state index contributed by atoms with van der Waals surface area (Å²) >= 11 is 0. The molecule has 0 bridgehead atoms. The van der Waals surface area contributed by atoms with Gasteiger partial charge in [0.05, 0.1) is 12.1 Å². The fourth-order valence-electron chi connectivity index (χ4n) is 2.38. The van der Waals surface area contributed by atoms with Crippen LogP contribution in [0.1, 0.15) is 31.7 Å². The molecule has 1 aromatic carbocycles. The maximum absolute atomic E-state index is 12.4. The van der Waals surface area contributed by atoms with Gasteiger partial charge in [0.25, 0.3) is 0 Å². The van der Waals surface area contributed by atoms with E-state index in [-0.39, 0.29) is 18.4 Å². The van der Waals surface area contributed by atoms with E-state index in [0.29, 0.717) is 29.8 Å². The van der Waals surface area contributed by atoms with Gasteiger partial charge in [-0.25, -0.2) is 4.98 Å². The van der Waals surface area contributed by atoms with Crippen molar-refractivity contribution in [3.8, 4) is 11.5 Å². The number of rotatable bonds is 7. The second-order valence-corrected chi connectivity index (χ2v) is 6.58. The van der Waals surface area contributed by atoms with Crippen molar-refractivity contribution in [2.75, 3.05) is 13.6 Å². The van der Waals surface area contributed by atoms with Gasteiger partial charge in [0, 0.05) is 25.2 Å². The molecule has 5 nitrogen and oxygen atoms in total. The first-order chi connectivity index (χ1) is 11.4. The highest BCUT2D eigenvalue weighted by Crippen LogP contribution is 2.21. The zero-order valence-electron chi connectivity index (χ0n) is 15.0. The van der Waals surface area contributed by atoms with E-state index < -0.39 is 0 Å². The highest BCUT2D eigenvalue weighted by Gasteiger charge is 2.18. The van der Waals surface area contributed by atoms with Gasteiger partial charge in [0.15, 0.2) is 0 Å². The van der Waals surface area contributed by atoms with E-state index >= 15 is 0 Å². The van der Waals surface area contributed by atoms with Crippen molar-refractivity contribution in [1.82, 2.24) is 9.88 Å². The molecule has 2 rings (SSSR count). The first kappa shape index (κ1) is 18.2. The maximum Gasteiger partial charge on any atom is 0.228 e. The van der Waals surface area contributed by atoms with Crippen LogP contribution < -0.4 is 5.73 Å². The Morgan fingerprint density at radius 3 is 2.58 bits per heavy atom. The third kappa shape index (κ3) is 4.68. The number of hydrogen-bond acceptors (Lipinski definition) is 4. The second kappa shape index (κ2) is 8.11. The van der Waals surface area contributed by atoms with Gasteiger partial charge in [-0.05, 0) is 31.4 Å². The van der Waals surface area contributed by atoms with E-state index in [4.69, 9.17) is 10.2 Å². The van der Waals surface area contributed by atoms with Gasteiger partial charge in [0.1, 0.15) is 5.76 Å². The summed E-state index contributed by atoms with van der Waals surface area (Å²) in [6.07, 6.45) is 1.04. The van der Waals surface area contributed by atoms with E-state index in [1.165, 1.54) is 0 Å². The van der Waals surface area contributed by atoms with Crippen molar-refractivity contribution in [3.05, 3.63) is 41.8 Å². The summed E-state index contributed by atoms with van der Waals surface area (Å²) in [5, 5.41) is 0. The minimum absolute atomic E-state index is 0.0296. The zero-order chi connectivity index (χ0) is 17.7. The molecule has 130 valence electrons. The number of amides is 1. The fraction of sp³-hybridized carbons (Fsp3) is 0.474. The van der Waals surface area contributed by atoms with E-state index in [1.54, 1.807) is 4.90 Å². The minimum Gasteiger partial charge on any atom is -0.441 e. The molecule has 0 radical (unpaired) electrons. The normalized spacial score (nSPS) is 12.4. The molecule has 0 spiro atoms. The molecule has 0 saturated carbocycles. The summed E-state index contributed by atoms with van der Waals surface area (Å²) in [6, 6.07) is 9.81. The van der Waals surface area contributed by atoms with E-state index in [1.807, 2.05) is 44.3 Å². The molecular weight excluding hydrogens is 302 g/mol. The Hall–Kier alpha value is -2.14. The van der Waals surface area contributed by atoms with Crippen LogP contribution in [0.15, 0.2) is 34.7 Å². The Morgan fingerprint density at radius 1 is 1.29 bits per heavy atom. The fourth-order valence-corrected chi connectivity index (χ4v) is 2.38. The topological polar surface area (TPSA) is 72.4 Å². The lowest BCUT2D eigenvalue weighted by Crippen LogP contribution is -2.35. The second-order valence-electron chi connectivity index (χ2n) is 6.58. The van der Waals surface area contributed by atoms with Gasteiger partial charge in [0.2, 0.25) is 11.8 Å². The molecule has 0 aliphatic carbocycles. The Bertz CT molecular complexity index is 665. The molecule has 5 heteroatoms. The monoisotopic (exact) mass is 329 g/mol. The number of carbonyl (C=O) groups excluding carboxylic acids is 1. The molecule has 2 aromatic rings. The molecule has 1 atom stereocenters. The Kier molecular flexibility index (Phi) is 6.15. The van der Waals surface area contributed by atoms with Crippen molar-refractivity contribution in [2.45, 2.75) is 39.7 Å². The van der Waals surface area contributed by atoms with Gasteiger partial charge in [-0.3, -0.25) is 4.79 Å². The third-order valence-corrected chi connectivity index (χ3v) is 4.31. The lowest BCUT2D eigenvalue weighted by atomic mass is 10.0. The van der Waals surface area contributed by atoms with Crippen LogP contribution in [0.25, 0.3) is 11.5 Å². The van der Waals surface area contributed by atoms with Crippen LogP contribution in [-0.2, 0) is 11.2 Å². The van der Waals surface area contributed by atoms with Crippen molar-refractivity contribution in [1.29, 1.82) is 0 Å². The van der Waals surface area contributed by atoms with Crippen LogP contribution in [0.2, 0.25) is 0 Å². The molecule has 1 amide bonds. The average Bonchev–Trinajstić information content (AvgIpc) is 2.93. The van der Waals surface area contributed by atoms with Gasteiger partial charge in [-0.1, -0.05) is 32.0 Å². The van der Waals surface area contributed by atoms with Crippen LogP contribution in [0.3, 0.4) is 0 Å². The molecule has 0 fully saturated rings. The van der Waals surface area contributed by atoms with E-state index in [9.17, 15) is 4.79 Å². The highest BCUT2D eigenvalue weighted by molar-refractivity contribution is 5.78. The summed E-state index contributed by atoms with van der Waals surface area (Å²) in [5.74, 6) is 1.69. The SMILES string of the molecule is Cc1oc(-c2ccccc2)nc1CC(=O)N(C)CCC(N)C(C)C. The minimum atomic E-state index is 0.0296. The van der Waals surface area contributed by atoms with Crippen LogP contribution in [0, 0.1) is 12.8 Å². The maximum atomic E-state index is 12.4. The molecule has 0 saturated heterocycles. The van der Waals surface area contributed by atoms with Gasteiger partial charge in [-0.2, -0.15) is 0 Å². The third-order valence-electron chi connectivity index (χ3n) is 4.31. The van der Waals surface area contributed by atoms with Crippen LogP contribution in [0.4, 0.5) is 0 Å². The van der Waals surface area contributed by atoms with E-state index in [0.717, 1.165) is 12.0 Å². The van der Waals surface area contributed by atoms with Crippen molar-refractivity contribution < 1.29 is 9.21 Å². The summed E-state index contributed by atoms with van der Waals surface area (Å²) in [6.45, 7) is 6.68. The van der Waals surface area contributed by atoms with Crippen LogP contribution in [-0.4, -0.2) is 35.4 Å². The lowest BCUT2D eigenvalue weighted by Gasteiger charge is -2.21. The first-order valence-corrected chi connectivity index (χ1v) is 8.39. The number of hydrogen-bond donors (Lipinski definition) is 1. The smallest absolute Gasteiger partial charge is 0.228 e. The molecule has 24 heavy (non-hydrogen) atoms. The quantitative estimate of drug-likeness (QED) is 0.847. The number of aromatic nitrogens is 1. The Morgan fingerprint density at radius 2 is 1.96 bits per heavy atom. The molecule has 1 unspecified atom stereocenters. The molecule has 1 aromatic heterocycles. The average molecular weight is 329 g/mol. The number of likely N-dealkylation sites (N-methyl/N-ethyl adjacent to an activating group) is 1. The summed E-state index contributed by atoms with van der Waals surface area (Å²) in [4.78, 5) is 18.6. The Labute approximate surface area is 143 Å². The highest BCUT2D eigenvalue weighted by atomic mass is 16.4. The van der Waals surface area contributed by atoms with Crippen LogP contribution in [0.5, 0.6) is 0 Å². The van der Waals surface area contributed by atoms with Gasteiger partial charge >= 0.3 is 0 Å². The zero-order valence-corrected chi connectivity index (χ0v) is 15.0. The van der Waals surface area contributed by atoms with Crippen LogP contribution >= 0.6 is 0 Å². The van der Waals surface area contributed by atoms with E-state index in [2.05, 4.69) is 18.8 Å². The standard InChI is InChI=1S/C19H27N3O2/c1-13(2)16(20)10-11-22(4)18(23)12-17-14(3)24-19(21-17)15-8-6-5-7-9-15/h5-9,13,16H,10-12,20H2,1-4H3. The number of aryl methyl sites for hydroxylation is 1. The lowest BCUT2D eigenvalue weighted by molar-refractivity contribution is -0.129. The van der Waals surface area contributed by atoms with Crippen molar-refractivity contribution in [3.63, 3.8) is 0 Å². The summed E-state index contributed by atoms with van der Waals surface area (Å²) < 4.78 is 5.71. The number of benzene rings is 1. The molecule has 1 heterocycles. The number of oxazole rings is 1. The number of carbonyl (C=O) groups is 1. The van der Waals surface area contributed by atoms with Crippen molar-refractivity contribution in [2.24, 2.45) is 11.7 Å². The van der Waals surface area contributed by atoms with Gasteiger partial charge in [-0.15, -0.1) is 0 Å². The molecule has 0 aliphatic heterocycles. The first-order valence-electron chi connectivity index (χ1n) is 8.39. The predicted octanol–water partition coefficient (Wildman–Crippen LogP) is 3.02. The summed E-state index contributed by atoms with van der Waals surface area (Å²) in [5.41, 5.74) is 7.65. The predicted molar refractivity (Wildman–Crippen MR) is 95.4 cm³/mol. The molecule has 2 N–H and O–H groups in total. The number of nitrogens with two attached hydrogens (primary N) is 1. The Balaban J connectivity index is 1.98. The van der Waals surface area contributed by atoms with Gasteiger partial charge < -0.3 is 15.1 Å². The number of nitrogens with zero attached hydrogens (tertiary/aromatic N) is 2. The van der Waals surface area contributed by atoms with Crippen molar-refractivity contribution >= 4 is 5.91 Å². The molecular formula is C19H27N3O2. The largest absolute Gasteiger partial charge is 0.441 e.